The zero-order chi connectivity index (χ0) is 19.1. The molecule has 0 bridgehead atoms. The SMILES string of the molecule is CCc1ccc(NC(=O)C2CCN(C(=O)CCc3ccccc3)CC2)cc1. The standard InChI is InChI=1S/C23H28N2O2/c1-2-18-8-11-21(12-9-18)24-23(27)20-14-16-25(17-15-20)22(26)13-10-19-6-4-3-5-7-19/h3-9,11-12,20H,2,10,13-17H2,1H3,(H,24,27). The van der Waals surface area contributed by atoms with Gasteiger partial charge in [-0.2, -0.15) is 0 Å². The van der Waals surface area contributed by atoms with Crippen LogP contribution in [0, 0.1) is 5.92 Å². The quantitative estimate of drug-likeness (QED) is 0.840. The number of anilines is 1. The lowest BCUT2D eigenvalue weighted by Gasteiger charge is -2.31. The van der Waals surface area contributed by atoms with Crippen LogP contribution in [-0.4, -0.2) is 29.8 Å². The fraction of sp³-hybridized carbons (Fsp3) is 0.391. The van der Waals surface area contributed by atoms with Crippen molar-refractivity contribution in [3.8, 4) is 0 Å². The van der Waals surface area contributed by atoms with Gasteiger partial charge in [0.05, 0.1) is 0 Å². The Morgan fingerprint density at radius 3 is 2.26 bits per heavy atom. The zero-order valence-corrected chi connectivity index (χ0v) is 16.0. The number of aryl methyl sites for hydroxylation is 2. The summed E-state index contributed by atoms with van der Waals surface area (Å²) in [4.78, 5) is 26.8. The fourth-order valence-electron chi connectivity index (χ4n) is 3.51. The molecule has 2 amide bonds. The van der Waals surface area contributed by atoms with Gasteiger partial charge in [-0.3, -0.25) is 9.59 Å². The summed E-state index contributed by atoms with van der Waals surface area (Å²) in [5.74, 6) is 0.234. The predicted octanol–water partition coefficient (Wildman–Crippen LogP) is 4.06. The number of likely N-dealkylation sites (tertiary alicyclic amines) is 1. The van der Waals surface area contributed by atoms with Gasteiger partial charge in [0.15, 0.2) is 0 Å². The number of carbonyl (C=O) groups is 2. The number of hydrogen-bond acceptors (Lipinski definition) is 2. The molecule has 1 N–H and O–H groups in total. The van der Waals surface area contributed by atoms with E-state index in [4.69, 9.17) is 0 Å². The van der Waals surface area contributed by atoms with Gasteiger partial charge in [0, 0.05) is 31.1 Å². The molecule has 1 fully saturated rings. The Morgan fingerprint density at radius 1 is 0.963 bits per heavy atom. The molecule has 3 rings (SSSR count). The molecule has 4 heteroatoms. The van der Waals surface area contributed by atoms with Crippen LogP contribution in [0.3, 0.4) is 0 Å². The molecule has 0 aromatic heterocycles. The smallest absolute Gasteiger partial charge is 0.227 e. The molecule has 0 radical (unpaired) electrons. The number of nitrogens with zero attached hydrogens (tertiary/aromatic N) is 1. The molecule has 27 heavy (non-hydrogen) atoms. The van der Waals surface area contributed by atoms with Gasteiger partial charge >= 0.3 is 0 Å². The second-order valence-corrected chi connectivity index (χ2v) is 7.18. The molecule has 142 valence electrons. The number of carbonyl (C=O) groups excluding carboxylic acids is 2. The molecule has 4 nitrogen and oxygen atoms in total. The minimum atomic E-state index is -0.0194. The van der Waals surface area contributed by atoms with Gasteiger partial charge in [0.25, 0.3) is 0 Å². The lowest BCUT2D eigenvalue weighted by atomic mass is 9.95. The Hall–Kier alpha value is -2.62. The topological polar surface area (TPSA) is 49.4 Å². The van der Waals surface area contributed by atoms with Crippen LogP contribution in [0.1, 0.15) is 37.3 Å². The molecule has 1 aliphatic heterocycles. The van der Waals surface area contributed by atoms with Crippen LogP contribution in [0.4, 0.5) is 5.69 Å². The normalized spacial score (nSPS) is 14.8. The van der Waals surface area contributed by atoms with Crippen LogP contribution in [-0.2, 0) is 22.4 Å². The molecular weight excluding hydrogens is 336 g/mol. The second kappa shape index (κ2) is 9.36. The summed E-state index contributed by atoms with van der Waals surface area (Å²) in [6.45, 7) is 3.45. The van der Waals surface area contributed by atoms with E-state index in [1.165, 1.54) is 11.1 Å². The van der Waals surface area contributed by atoms with E-state index < -0.39 is 0 Å². The highest BCUT2D eigenvalue weighted by Crippen LogP contribution is 2.21. The Bertz CT molecular complexity index is 748. The average molecular weight is 364 g/mol. The van der Waals surface area contributed by atoms with Gasteiger partial charge in [-0.25, -0.2) is 0 Å². The van der Waals surface area contributed by atoms with Crippen LogP contribution < -0.4 is 5.32 Å². The molecule has 0 aliphatic carbocycles. The summed E-state index contributed by atoms with van der Waals surface area (Å²) in [5.41, 5.74) is 3.29. The lowest BCUT2D eigenvalue weighted by Crippen LogP contribution is -2.41. The lowest BCUT2D eigenvalue weighted by molar-refractivity contribution is -0.134. The van der Waals surface area contributed by atoms with Crippen molar-refractivity contribution in [2.24, 2.45) is 5.92 Å². The maximum absolute atomic E-state index is 12.5. The van der Waals surface area contributed by atoms with Crippen LogP contribution >= 0.6 is 0 Å². The van der Waals surface area contributed by atoms with Crippen molar-refractivity contribution >= 4 is 17.5 Å². The Balaban J connectivity index is 1.43. The van der Waals surface area contributed by atoms with Gasteiger partial charge in [-0.05, 0) is 48.9 Å². The number of piperidine rings is 1. The van der Waals surface area contributed by atoms with Crippen molar-refractivity contribution in [3.05, 3.63) is 65.7 Å². The van der Waals surface area contributed by atoms with E-state index in [1.54, 1.807) is 0 Å². The summed E-state index contributed by atoms with van der Waals surface area (Å²) in [5, 5.41) is 3.01. The van der Waals surface area contributed by atoms with Gasteiger partial charge in [-0.1, -0.05) is 49.4 Å². The van der Waals surface area contributed by atoms with Crippen molar-refractivity contribution < 1.29 is 9.59 Å². The van der Waals surface area contributed by atoms with Crippen LogP contribution in [0.15, 0.2) is 54.6 Å². The summed E-state index contributed by atoms with van der Waals surface area (Å²) in [6, 6.07) is 18.1. The van der Waals surface area contributed by atoms with E-state index in [0.29, 0.717) is 19.5 Å². The molecule has 0 atom stereocenters. The number of nitrogens with one attached hydrogen (secondary N) is 1. The molecule has 0 saturated carbocycles. The molecule has 0 spiro atoms. The van der Waals surface area contributed by atoms with Gasteiger partial charge < -0.3 is 10.2 Å². The van der Waals surface area contributed by atoms with E-state index in [9.17, 15) is 9.59 Å². The number of amides is 2. The van der Waals surface area contributed by atoms with Crippen molar-refractivity contribution in [1.82, 2.24) is 4.90 Å². The maximum atomic E-state index is 12.5. The highest BCUT2D eigenvalue weighted by molar-refractivity contribution is 5.92. The van der Waals surface area contributed by atoms with Crippen LogP contribution in [0.5, 0.6) is 0 Å². The van der Waals surface area contributed by atoms with Crippen molar-refractivity contribution in [1.29, 1.82) is 0 Å². The summed E-state index contributed by atoms with van der Waals surface area (Å²) in [7, 11) is 0. The molecule has 1 aliphatic rings. The summed E-state index contributed by atoms with van der Waals surface area (Å²) in [6.07, 6.45) is 3.76. The average Bonchev–Trinajstić information content (AvgIpc) is 2.73. The third-order valence-electron chi connectivity index (χ3n) is 5.32. The first kappa shape index (κ1) is 19.2. The highest BCUT2D eigenvalue weighted by atomic mass is 16.2. The minimum Gasteiger partial charge on any atom is -0.343 e. The van der Waals surface area contributed by atoms with E-state index in [1.807, 2.05) is 47.4 Å². The predicted molar refractivity (Wildman–Crippen MR) is 109 cm³/mol. The van der Waals surface area contributed by atoms with Crippen molar-refractivity contribution in [2.75, 3.05) is 18.4 Å². The summed E-state index contributed by atoms with van der Waals surface area (Å²) < 4.78 is 0. The zero-order valence-electron chi connectivity index (χ0n) is 16.0. The van der Waals surface area contributed by atoms with Crippen molar-refractivity contribution in [3.63, 3.8) is 0 Å². The Labute approximate surface area is 161 Å². The van der Waals surface area contributed by atoms with Gasteiger partial charge in [0.1, 0.15) is 0 Å². The second-order valence-electron chi connectivity index (χ2n) is 7.18. The highest BCUT2D eigenvalue weighted by Gasteiger charge is 2.27. The van der Waals surface area contributed by atoms with Gasteiger partial charge in [-0.15, -0.1) is 0 Å². The monoisotopic (exact) mass is 364 g/mol. The molecule has 0 unspecified atom stereocenters. The number of benzene rings is 2. The third kappa shape index (κ3) is 5.43. The van der Waals surface area contributed by atoms with E-state index in [0.717, 1.165) is 31.4 Å². The summed E-state index contributed by atoms with van der Waals surface area (Å²) >= 11 is 0. The maximum Gasteiger partial charge on any atom is 0.227 e. The first-order valence-corrected chi connectivity index (χ1v) is 9.87. The number of hydrogen-bond donors (Lipinski definition) is 1. The van der Waals surface area contributed by atoms with E-state index >= 15 is 0 Å². The molecule has 1 heterocycles. The van der Waals surface area contributed by atoms with Crippen molar-refractivity contribution in [2.45, 2.75) is 39.0 Å². The molecular formula is C23H28N2O2. The molecule has 1 saturated heterocycles. The van der Waals surface area contributed by atoms with E-state index in [-0.39, 0.29) is 17.7 Å². The Morgan fingerprint density at radius 2 is 1.63 bits per heavy atom. The third-order valence-corrected chi connectivity index (χ3v) is 5.32. The minimum absolute atomic E-state index is 0.0194. The first-order valence-electron chi connectivity index (χ1n) is 9.87. The number of rotatable bonds is 6. The fourth-order valence-corrected chi connectivity index (χ4v) is 3.51. The molecule has 2 aromatic carbocycles. The first-order chi connectivity index (χ1) is 13.2. The van der Waals surface area contributed by atoms with E-state index in [2.05, 4.69) is 24.4 Å². The van der Waals surface area contributed by atoms with Crippen LogP contribution in [0.25, 0.3) is 0 Å². The van der Waals surface area contributed by atoms with Crippen LogP contribution in [0.2, 0.25) is 0 Å². The Kier molecular flexibility index (Phi) is 6.64. The van der Waals surface area contributed by atoms with Gasteiger partial charge in [0.2, 0.25) is 11.8 Å². The largest absolute Gasteiger partial charge is 0.343 e. The molecule has 2 aromatic rings.